The summed E-state index contributed by atoms with van der Waals surface area (Å²) in [5, 5.41) is 9.80. The van der Waals surface area contributed by atoms with Gasteiger partial charge in [-0.3, -0.25) is 4.79 Å². The van der Waals surface area contributed by atoms with E-state index in [2.05, 4.69) is 0 Å². The Bertz CT molecular complexity index is 535. The molecule has 108 valence electrons. The fourth-order valence-corrected chi connectivity index (χ4v) is 2.60. The monoisotopic (exact) mass is 317 g/mol. The SMILES string of the molecule is O=C(O)C1CCCN1C(=O)COc1ccc(Cl)cc1Cl. The van der Waals surface area contributed by atoms with Gasteiger partial charge in [-0.25, -0.2) is 4.79 Å². The average Bonchev–Trinajstić information content (AvgIpc) is 2.86. The van der Waals surface area contributed by atoms with Crippen molar-refractivity contribution in [2.24, 2.45) is 0 Å². The Morgan fingerprint density at radius 3 is 2.80 bits per heavy atom. The van der Waals surface area contributed by atoms with Gasteiger partial charge in [0.2, 0.25) is 0 Å². The van der Waals surface area contributed by atoms with E-state index < -0.39 is 12.0 Å². The highest BCUT2D eigenvalue weighted by Gasteiger charge is 2.33. The molecule has 1 aromatic rings. The van der Waals surface area contributed by atoms with Crippen LogP contribution < -0.4 is 4.74 Å². The first-order chi connectivity index (χ1) is 9.49. The van der Waals surface area contributed by atoms with E-state index in [0.717, 1.165) is 0 Å². The van der Waals surface area contributed by atoms with Crippen molar-refractivity contribution in [1.29, 1.82) is 0 Å². The van der Waals surface area contributed by atoms with E-state index in [9.17, 15) is 9.59 Å². The number of carbonyl (C=O) groups is 2. The molecule has 1 amide bonds. The summed E-state index contributed by atoms with van der Waals surface area (Å²) in [6.45, 7) is 0.193. The smallest absolute Gasteiger partial charge is 0.326 e. The summed E-state index contributed by atoms with van der Waals surface area (Å²) < 4.78 is 5.32. The van der Waals surface area contributed by atoms with Crippen molar-refractivity contribution in [1.82, 2.24) is 4.90 Å². The summed E-state index contributed by atoms with van der Waals surface area (Å²) in [5.74, 6) is -1.00. The molecule has 5 nitrogen and oxygen atoms in total. The topological polar surface area (TPSA) is 66.8 Å². The van der Waals surface area contributed by atoms with Crippen LogP contribution in [-0.2, 0) is 9.59 Å². The van der Waals surface area contributed by atoms with Crippen LogP contribution in [0.3, 0.4) is 0 Å². The number of carbonyl (C=O) groups excluding carboxylic acids is 1. The van der Waals surface area contributed by atoms with Crippen molar-refractivity contribution in [3.8, 4) is 5.75 Å². The molecule has 2 rings (SSSR count). The van der Waals surface area contributed by atoms with Gasteiger partial charge in [0.25, 0.3) is 5.91 Å². The zero-order valence-electron chi connectivity index (χ0n) is 10.5. The maximum Gasteiger partial charge on any atom is 0.326 e. The second kappa shape index (κ2) is 6.33. The van der Waals surface area contributed by atoms with Gasteiger partial charge in [0.05, 0.1) is 5.02 Å². The van der Waals surface area contributed by atoms with Crippen LogP contribution >= 0.6 is 23.2 Å². The van der Waals surface area contributed by atoms with Gasteiger partial charge >= 0.3 is 5.97 Å². The molecule has 7 heteroatoms. The van der Waals surface area contributed by atoms with Crippen LogP contribution in [0.4, 0.5) is 0 Å². The predicted molar refractivity (Wildman–Crippen MR) is 74.3 cm³/mol. The summed E-state index contributed by atoms with van der Waals surface area (Å²) in [6, 6.07) is 3.92. The van der Waals surface area contributed by atoms with E-state index in [1.54, 1.807) is 12.1 Å². The molecular formula is C13H13Cl2NO4. The molecule has 1 aliphatic rings. The Hall–Kier alpha value is -1.46. The van der Waals surface area contributed by atoms with Crippen molar-refractivity contribution in [3.05, 3.63) is 28.2 Å². The number of amides is 1. The van der Waals surface area contributed by atoms with Crippen LogP contribution in [0.5, 0.6) is 5.75 Å². The number of aliphatic carboxylic acids is 1. The molecule has 1 atom stereocenters. The molecule has 1 saturated heterocycles. The molecule has 20 heavy (non-hydrogen) atoms. The Balaban J connectivity index is 1.96. The number of carboxylic acid groups (broad SMARTS) is 1. The van der Waals surface area contributed by atoms with E-state index in [0.29, 0.717) is 35.2 Å². The largest absolute Gasteiger partial charge is 0.482 e. The molecule has 1 fully saturated rings. The third kappa shape index (κ3) is 3.35. The number of hydrogen-bond donors (Lipinski definition) is 1. The second-order valence-corrected chi connectivity index (χ2v) is 5.29. The molecule has 0 aromatic heterocycles. The second-order valence-electron chi connectivity index (χ2n) is 4.45. The van der Waals surface area contributed by atoms with Crippen LogP contribution in [0, 0.1) is 0 Å². The van der Waals surface area contributed by atoms with Crippen LogP contribution in [0.1, 0.15) is 12.8 Å². The molecule has 0 aliphatic carbocycles. The van der Waals surface area contributed by atoms with Gasteiger partial charge in [-0.05, 0) is 31.0 Å². The zero-order chi connectivity index (χ0) is 14.7. The predicted octanol–water partition coefficient (Wildman–Crippen LogP) is 2.45. The number of halogens is 2. The molecule has 1 N–H and O–H groups in total. The standard InChI is InChI=1S/C13H13Cl2NO4/c14-8-3-4-11(9(15)6-8)20-7-12(17)16-5-1-2-10(16)13(18)19/h3-4,6,10H,1-2,5,7H2,(H,18,19). The molecule has 0 saturated carbocycles. The van der Waals surface area contributed by atoms with Gasteiger partial charge in [-0.15, -0.1) is 0 Å². The highest BCUT2D eigenvalue weighted by Crippen LogP contribution is 2.27. The van der Waals surface area contributed by atoms with Crippen molar-refractivity contribution in [2.75, 3.05) is 13.2 Å². The van der Waals surface area contributed by atoms with Gasteiger partial charge in [0, 0.05) is 11.6 Å². The van der Waals surface area contributed by atoms with E-state index in [-0.39, 0.29) is 12.5 Å². The molecule has 1 aromatic carbocycles. The number of likely N-dealkylation sites (tertiary alicyclic amines) is 1. The molecule has 1 unspecified atom stereocenters. The minimum absolute atomic E-state index is 0.245. The zero-order valence-corrected chi connectivity index (χ0v) is 12.0. The van der Waals surface area contributed by atoms with Crippen molar-refractivity contribution in [2.45, 2.75) is 18.9 Å². The van der Waals surface area contributed by atoms with Crippen LogP contribution in [-0.4, -0.2) is 41.1 Å². The minimum Gasteiger partial charge on any atom is -0.482 e. The molecular weight excluding hydrogens is 305 g/mol. The maximum absolute atomic E-state index is 12.0. The Labute approximate surface area is 126 Å². The summed E-state index contributed by atoms with van der Waals surface area (Å²) in [6.07, 6.45) is 1.16. The molecule has 0 radical (unpaired) electrons. The summed E-state index contributed by atoms with van der Waals surface area (Å²) in [4.78, 5) is 24.3. The lowest BCUT2D eigenvalue weighted by molar-refractivity contribution is -0.148. The third-order valence-electron chi connectivity index (χ3n) is 3.10. The maximum atomic E-state index is 12.0. The first-order valence-corrected chi connectivity index (χ1v) is 6.85. The minimum atomic E-state index is -0.986. The highest BCUT2D eigenvalue weighted by atomic mass is 35.5. The van der Waals surface area contributed by atoms with E-state index in [1.807, 2.05) is 0 Å². The molecule has 0 spiro atoms. The summed E-state index contributed by atoms with van der Waals surface area (Å²) >= 11 is 11.7. The average molecular weight is 318 g/mol. The number of rotatable bonds is 4. The number of hydrogen-bond acceptors (Lipinski definition) is 3. The van der Waals surface area contributed by atoms with Gasteiger partial charge in [0.1, 0.15) is 11.8 Å². The van der Waals surface area contributed by atoms with E-state index >= 15 is 0 Å². The van der Waals surface area contributed by atoms with Crippen LogP contribution in [0.25, 0.3) is 0 Å². The van der Waals surface area contributed by atoms with Gasteiger partial charge in [-0.2, -0.15) is 0 Å². The lowest BCUT2D eigenvalue weighted by Crippen LogP contribution is -2.42. The number of ether oxygens (including phenoxy) is 1. The molecule has 0 bridgehead atoms. The number of carboxylic acids is 1. The normalized spacial score (nSPS) is 18.1. The Morgan fingerprint density at radius 2 is 2.15 bits per heavy atom. The van der Waals surface area contributed by atoms with Gasteiger partial charge in [-0.1, -0.05) is 23.2 Å². The van der Waals surface area contributed by atoms with E-state index in [4.69, 9.17) is 33.0 Å². The lowest BCUT2D eigenvalue weighted by atomic mass is 10.2. The van der Waals surface area contributed by atoms with Crippen molar-refractivity contribution < 1.29 is 19.4 Å². The van der Waals surface area contributed by atoms with Crippen molar-refractivity contribution >= 4 is 35.1 Å². The number of benzene rings is 1. The molecule has 1 aliphatic heterocycles. The molecule has 1 heterocycles. The highest BCUT2D eigenvalue weighted by molar-refractivity contribution is 6.35. The van der Waals surface area contributed by atoms with Crippen LogP contribution in [0.2, 0.25) is 10.0 Å². The fourth-order valence-electron chi connectivity index (χ4n) is 2.14. The van der Waals surface area contributed by atoms with E-state index in [1.165, 1.54) is 11.0 Å². The van der Waals surface area contributed by atoms with Crippen LogP contribution in [0.15, 0.2) is 18.2 Å². The quantitative estimate of drug-likeness (QED) is 0.926. The first-order valence-electron chi connectivity index (χ1n) is 6.09. The Morgan fingerprint density at radius 1 is 1.40 bits per heavy atom. The van der Waals surface area contributed by atoms with Gasteiger partial charge in [0.15, 0.2) is 6.61 Å². The third-order valence-corrected chi connectivity index (χ3v) is 3.63. The lowest BCUT2D eigenvalue weighted by Gasteiger charge is -2.21. The first kappa shape index (κ1) is 14.9. The number of nitrogens with zero attached hydrogens (tertiary/aromatic N) is 1. The van der Waals surface area contributed by atoms with Gasteiger partial charge < -0.3 is 14.7 Å². The fraction of sp³-hybridized carbons (Fsp3) is 0.385. The summed E-state index contributed by atoms with van der Waals surface area (Å²) in [7, 11) is 0. The van der Waals surface area contributed by atoms with Crippen molar-refractivity contribution in [3.63, 3.8) is 0 Å². The summed E-state index contributed by atoms with van der Waals surface area (Å²) in [5.41, 5.74) is 0. The Kier molecular flexibility index (Phi) is 4.73.